The minimum absolute atomic E-state index is 0.00352. The van der Waals surface area contributed by atoms with E-state index in [-0.39, 0.29) is 35.5 Å². The van der Waals surface area contributed by atoms with E-state index in [4.69, 9.17) is 0 Å². The molecule has 3 nitrogen and oxygen atoms in total. The lowest BCUT2D eigenvalue weighted by Crippen LogP contribution is -2.33. The van der Waals surface area contributed by atoms with Crippen LogP contribution >= 0.6 is 0 Å². The lowest BCUT2D eigenvalue weighted by Gasteiger charge is -2.19. The number of hydrogen-bond acceptors (Lipinski definition) is 2. The van der Waals surface area contributed by atoms with Crippen LogP contribution in [0.1, 0.15) is 17.5 Å². The Kier molecular flexibility index (Phi) is 2.27. The average molecular weight is 267 g/mol. The Labute approximate surface area is 118 Å². The van der Waals surface area contributed by atoms with Crippen molar-refractivity contribution in [3.63, 3.8) is 0 Å². The van der Waals surface area contributed by atoms with Gasteiger partial charge in [-0.05, 0) is 43.7 Å². The molecule has 1 heterocycles. The van der Waals surface area contributed by atoms with Crippen molar-refractivity contribution in [3.8, 4) is 0 Å². The number of imide groups is 1. The summed E-state index contributed by atoms with van der Waals surface area (Å²) in [4.78, 5) is 26.8. The van der Waals surface area contributed by atoms with Crippen LogP contribution in [0.4, 0.5) is 5.69 Å². The van der Waals surface area contributed by atoms with Gasteiger partial charge in [-0.1, -0.05) is 29.8 Å². The summed E-state index contributed by atoms with van der Waals surface area (Å²) in [5, 5.41) is 0. The average Bonchev–Trinajstić information content (AvgIpc) is 3.06. The second-order valence-electron chi connectivity index (χ2n) is 6.30. The van der Waals surface area contributed by atoms with Crippen LogP contribution in [0.25, 0.3) is 0 Å². The summed E-state index contributed by atoms with van der Waals surface area (Å²) in [6, 6.07) is 5.89. The van der Waals surface area contributed by atoms with E-state index in [1.54, 1.807) is 0 Å². The van der Waals surface area contributed by atoms with Crippen molar-refractivity contribution in [2.45, 2.75) is 20.3 Å². The molecule has 2 amide bonds. The predicted octanol–water partition coefficient (Wildman–Crippen LogP) is 2.61. The quantitative estimate of drug-likeness (QED) is 0.579. The van der Waals surface area contributed by atoms with E-state index in [0.717, 1.165) is 23.2 Å². The van der Waals surface area contributed by atoms with E-state index in [1.807, 2.05) is 32.0 Å². The first-order valence-electron chi connectivity index (χ1n) is 7.21. The standard InChI is InChI=1S/C17H17NO2/c1-9-3-6-13(10(2)7-9)18-16(19)14-11-4-5-12(8-11)15(14)17(18)20/h3-7,11-12,14-15H,8H2,1-2H3/t11-,12+,14-,15+. The fourth-order valence-corrected chi connectivity index (χ4v) is 4.20. The van der Waals surface area contributed by atoms with Gasteiger partial charge in [-0.2, -0.15) is 0 Å². The number of anilines is 1. The molecule has 0 spiro atoms. The van der Waals surface area contributed by atoms with Crippen LogP contribution in [0.2, 0.25) is 0 Å². The highest BCUT2D eigenvalue weighted by molar-refractivity contribution is 6.23. The van der Waals surface area contributed by atoms with Crippen molar-refractivity contribution in [3.05, 3.63) is 41.5 Å². The number of nitrogens with zero attached hydrogens (tertiary/aromatic N) is 1. The first kappa shape index (κ1) is 11.9. The maximum Gasteiger partial charge on any atom is 0.238 e. The van der Waals surface area contributed by atoms with Crippen LogP contribution in [0.5, 0.6) is 0 Å². The van der Waals surface area contributed by atoms with Crippen molar-refractivity contribution in [1.29, 1.82) is 0 Å². The number of rotatable bonds is 1. The third-order valence-electron chi connectivity index (χ3n) is 5.06. The Bertz CT molecular complexity index is 631. The van der Waals surface area contributed by atoms with Gasteiger partial charge in [0.25, 0.3) is 0 Å². The number of aryl methyl sites for hydroxylation is 2. The van der Waals surface area contributed by atoms with Gasteiger partial charge in [0, 0.05) is 0 Å². The van der Waals surface area contributed by atoms with Crippen LogP contribution < -0.4 is 4.90 Å². The third kappa shape index (κ3) is 1.35. The smallest absolute Gasteiger partial charge is 0.238 e. The van der Waals surface area contributed by atoms with E-state index < -0.39 is 0 Å². The molecule has 0 radical (unpaired) electrons. The Morgan fingerprint density at radius 1 is 1.00 bits per heavy atom. The van der Waals surface area contributed by atoms with E-state index >= 15 is 0 Å². The number of hydrogen-bond donors (Lipinski definition) is 0. The number of allylic oxidation sites excluding steroid dienone is 2. The molecule has 4 atom stereocenters. The van der Waals surface area contributed by atoms with Gasteiger partial charge < -0.3 is 0 Å². The zero-order valence-corrected chi connectivity index (χ0v) is 11.7. The van der Waals surface area contributed by atoms with Crippen molar-refractivity contribution >= 4 is 17.5 Å². The van der Waals surface area contributed by atoms with Crippen molar-refractivity contribution in [2.24, 2.45) is 23.7 Å². The molecule has 1 saturated carbocycles. The predicted molar refractivity (Wildman–Crippen MR) is 76.1 cm³/mol. The molecule has 1 saturated heterocycles. The first-order chi connectivity index (χ1) is 9.58. The van der Waals surface area contributed by atoms with Gasteiger partial charge in [0.05, 0.1) is 17.5 Å². The number of fused-ring (bicyclic) bond motifs is 5. The molecule has 3 aliphatic rings. The van der Waals surface area contributed by atoms with Crippen molar-refractivity contribution < 1.29 is 9.59 Å². The SMILES string of the molecule is Cc1ccc(N2C(=O)[C@@H]3[C@H](C2=O)[C@@H]2C=C[C@H]3C2)c(C)c1. The molecule has 0 N–H and O–H groups in total. The fourth-order valence-electron chi connectivity index (χ4n) is 4.20. The van der Waals surface area contributed by atoms with Gasteiger partial charge in [-0.15, -0.1) is 0 Å². The van der Waals surface area contributed by atoms with Crippen LogP contribution in [0.15, 0.2) is 30.4 Å². The van der Waals surface area contributed by atoms with Crippen LogP contribution in [-0.4, -0.2) is 11.8 Å². The molecule has 2 aliphatic carbocycles. The summed E-state index contributed by atoms with van der Waals surface area (Å²) in [6.07, 6.45) is 5.23. The topological polar surface area (TPSA) is 37.4 Å². The largest absolute Gasteiger partial charge is 0.274 e. The molecule has 1 aromatic rings. The normalized spacial score (nSPS) is 34.2. The molecular formula is C17H17NO2. The second kappa shape index (κ2) is 3.81. The molecule has 4 rings (SSSR count). The summed E-state index contributed by atoms with van der Waals surface area (Å²) < 4.78 is 0. The van der Waals surface area contributed by atoms with Crippen LogP contribution in [0, 0.1) is 37.5 Å². The number of carbonyl (C=O) groups is 2. The van der Waals surface area contributed by atoms with Gasteiger partial charge >= 0.3 is 0 Å². The lowest BCUT2D eigenvalue weighted by molar-refractivity contribution is -0.123. The molecule has 2 fully saturated rings. The Morgan fingerprint density at radius 3 is 2.15 bits per heavy atom. The number of carbonyl (C=O) groups excluding carboxylic acids is 2. The molecular weight excluding hydrogens is 250 g/mol. The third-order valence-corrected chi connectivity index (χ3v) is 5.06. The van der Waals surface area contributed by atoms with Gasteiger partial charge in [0.2, 0.25) is 11.8 Å². The number of amides is 2. The van der Waals surface area contributed by atoms with Crippen LogP contribution in [-0.2, 0) is 9.59 Å². The zero-order valence-electron chi connectivity index (χ0n) is 11.7. The summed E-state index contributed by atoms with van der Waals surface area (Å²) in [5.74, 6) is 0.332. The maximum absolute atomic E-state index is 12.7. The van der Waals surface area contributed by atoms with Gasteiger partial charge in [-0.25, -0.2) is 4.90 Å². The molecule has 102 valence electrons. The second-order valence-corrected chi connectivity index (χ2v) is 6.30. The molecule has 0 aromatic heterocycles. The van der Waals surface area contributed by atoms with Gasteiger partial charge in [-0.3, -0.25) is 9.59 Å². The summed E-state index contributed by atoms with van der Waals surface area (Å²) >= 11 is 0. The summed E-state index contributed by atoms with van der Waals surface area (Å²) in [6.45, 7) is 3.98. The van der Waals surface area contributed by atoms with Crippen molar-refractivity contribution in [2.75, 3.05) is 4.90 Å². The highest BCUT2D eigenvalue weighted by atomic mass is 16.2. The fraction of sp³-hybridized carbons (Fsp3) is 0.412. The molecule has 3 heteroatoms. The van der Waals surface area contributed by atoms with Gasteiger partial charge in [0.15, 0.2) is 0 Å². The maximum atomic E-state index is 12.7. The zero-order chi connectivity index (χ0) is 14.0. The van der Waals surface area contributed by atoms with E-state index in [9.17, 15) is 9.59 Å². The first-order valence-corrected chi connectivity index (χ1v) is 7.21. The van der Waals surface area contributed by atoms with E-state index in [0.29, 0.717) is 0 Å². The molecule has 1 aromatic carbocycles. The summed E-state index contributed by atoms with van der Waals surface area (Å²) in [7, 11) is 0. The Morgan fingerprint density at radius 2 is 1.60 bits per heavy atom. The molecule has 0 unspecified atom stereocenters. The van der Waals surface area contributed by atoms with E-state index in [2.05, 4.69) is 12.2 Å². The monoisotopic (exact) mass is 267 g/mol. The van der Waals surface area contributed by atoms with E-state index in [1.165, 1.54) is 4.90 Å². The minimum atomic E-state index is -0.113. The highest BCUT2D eigenvalue weighted by Crippen LogP contribution is 2.53. The van der Waals surface area contributed by atoms with Crippen LogP contribution in [0.3, 0.4) is 0 Å². The highest BCUT2D eigenvalue weighted by Gasteiger charge is 2.59. The molecule has 20 heavy (non-hydrogen) atoms. The number of benzene rings is 1. The Hall–Kier alpha value is -1.90. The Balaban J connectivity index is 1.78. The van der Waals surface area contributed by atoms with Crippen molar-refractivity contribution in [1.82, 2.24) is 0 Å². The van der Waals surface area contributed by atoms with Gasteiger partial charge in [0.1, 0.15) is 0 Å². The minimum Gasteiger partial charge on any atom is -0.274 e. The molecule has 1 aliphatic heterocycles. The molecule has 2 bridgehead atoms. The summed E-state index contributed by atoms with van der Waals surface area (Å²) in [5.41, 5.74) is 2.90. The lowest BCUT2D eigenvalue weighted by atomic mass is 9.85.